The monoisotopic (exact) mass is 1270 g/mol. The molecule has 7 rings (SSSR count). The van der Waals surface area contributed by atoms with Gasteiger partial charge in [-0.25, -0.2) is 84.7 Å². The first-order chi connectivity index (χ1) is 38.9. The predicted octanol–water partition coefficient (Wildman–Crippen LogP) is 10.6. The highest BCUT2D eigenvalue weighted by Gasteiger charge is 2.46. The molecule has 1 unspecified atom stereocenters. The number of alkyl halides is 7. The number of nitrogens with one attached hydrogen (secondary N) is 1. The number of carbonyl (C=O) groups excluding carboxylic acids is 1. The van der Waals surface area contributed by atoms with Crippen molar-refractivity contribution >= 4 is 71.2 Å². The first-order valence-corrected chi connectivity index (χ1v) is 28.3. The molecule has 0 aliphatic carbocycles. The number of methoxy groups -OCH3 is 1. The van der Waals surface area contributed by atoms with Crippen LogP contribution in [0.4, 0.5) is 68.9 Å². The van der Waals surface area contributed by atoms with Crippen molar-refractivity contribution in [1.82, 2.24) is 23.9 Å². The van der Waals surface area contributed by atoms with Gasteiger partial charge in [0.25, 0.3) is 0 Å². The molecule has 3 atom stereocenters. The number of alkyl carbamates (subject to hydrolysis) is 1. The molecule has 456 valence electrons. The van der Waals surface area contributed by atoms with Gasteiger partial charge in [-0.1, -0.05) is 12.1 Å². The third-order valence-corrected chi connectivity index (χ3v) is 17.4. The number of hydrogen-bond donors (Lipinski definition) is 2. The molecule has 2 aromatic heterocycles. The van der Waals surface area contributed by atoms with Crippen LogP contribution < -0.4 is 15.8 Å². The van der Waals surface area contributed by atoms with Gasteiger partial charge in [-0.2, -0.15) is 26.3 Å². The maximum Gasteiger partial charge on any atom is 0.416 e. The van der Waals surface area contributed by atoms with E-state index < -0.39 is 133 Å². The lowest BCUT2D eigenvalue weighted by atomic mass is 9.92. The number of sulfonamides is 2. The number of carbonyl (C=O) groups is 1. The van der Waals surface area contributed by atoms with E-state index in [9.17, 15) is 82.7 Å². The van der Waals surface area contributed by atoms with Gasteiger partial charge >= 0.3 is 18.4 Å². The van der Waals surface area contributed by atoms with Crippen LogP contribution in [0.3, 0.4) is 0 Å². The molecule has 34 heteroatoms. The van der Waals surface area contributed by atoms with Crippen LogP contribution in [0.2, 0.25) is 0 Å². The van der Waals surface area contributed by atoms with Crippen molar-refractivity contribution in [3.05, 3.63) is 164 Å². The van der Waals surface area contributed by atoms with Crippen LogP contribution in [-0.4, -0.2) is 100 Å². The Hall–Kier alpha value is -8.50. The van der Waals surface area contributed by atoms with Gasteiger partial charge in [-0.15, -0.1) is 0 Å². The summed E-state index contributed by atoms with van der Waals surface area (Å²) in [5.74, 6) is -7.93. The van der Waals surface area contributed by atoms with Gasteiger partial charge in [-0.3, -0.25) is 15.3 Å². The molecule has 0 spiro atoms. The number of halogens is 12. The fraction of sp³-hybridized carbons (Fsp3) is 0.314. The maximum absolute atomic E-state index is 14.6. The number of aliphatic imine (C=N–C) groups is 2. The summed E-state index contributed by atoms with van der Waals surface area (Å²) in [6.07, 6.45) is -8.59. The summed E-state index contributed by atoms with van der Waals surface area (Å²) in [6.45, 7) is 21.1. The SMILES string of the molecule is COc1cc(F)c(F)c([C@]2(C)CS(=O)(=O)N(C)C(NC(=O)OC(C)(C)C)=N2)c1.[C-]#[N+]c1ccc(/C(F)=C/c2cc(F)c(F)c([C@]3(C)CS(=O)(=O)N(C)C(N)=N3)c2)nc1.[C-]#[N+]c1ccc(C(F)S(=O)(=O)c2cc(C(F)(F)F)cc(C(F)(F)F)c2)nc1. The van der Waals surface area contributed by atoms with Gasteiger partial charge in [-0.05, 0) is 94.8 Å². The van der Waals surface area contributed by atoms with Crippen molar-refractivity contribution in [2.24, 2.45) is 15.7 Å². The quantitative estimate of drug-likeness (QED) is 0.109. The van der Waals surface area contributed by atoms with Gasteiger partial charge in [0.05, 0.1) is 59.2 Å². The average Bonchev–Trinajstić information content (AvgIpc) is 2.75. The molecule has 0 saturated heterocycles. The summed E-state index contributed by atoms with van der Waals surface area (Å²) in [6, 6.07) is 7.91. The zero-order valence-corrected chi connectivity index (χ0v) is 47.6. The largest absolute Gasteiger partial charge is 0.497 e. The first kappa shape index (κ1) is 67.3. The Morgan fingerprint density at radius 2 is 1.26 bits per heavy atom. The van der Waals surface area contributed by atoms with E-state index in [1.165, 1.54) is 59.4 Å². The molecule has 4 heterocycles. The standard InChI is InChI=1S/C19H16F3N5O2S.C17H23F2N3O5S.C15H7F7N2O2S/c1-19(10-30(28,29)27(3)18(23)26-19)13-6-11(8-15(21)17(13)22)7-14(20)16-5-4-12(24-2)9-25-16;1-16(2,3)27-15(23)20-14-21-17(4,9-28(24,25)22(14)5)11-7-10(26-6)8-12(18)13(11)19;1-23-10-2-3-12(24-7-10)13(16)27(25,26)11-5-8(14(17,18)19)4-9(6-11)15(20,21)22/h4-9H,10H2,1,3H3,(H2,23,26);7-8H,9H2,1-6H3,(H,20,21,23);2-7,13H/b14-7-;;/t19-;17-;/m00./s1. The lowest BCUT2D eigenvalue weighted by Crippen LogP contribution is -2.54. The van der Waals surface area contributed by atoms with E-state index >= 15 is 0 Å². The minimum Gasteiger partial charge on any atom is -0.497 e. The van der Waals surface area contributed by atoms with Gasteiger partial charge in [0.2, 0.25) is 58.7 Å². The van der Waals surface area contributed by atoms with E-state index in [1.807, 2.05) is 0 Å². The number of pyridine rings is 2. The first-order valence-electron chi connectivity index (χ1n) is 23.6. The van der Waals surface area contributed by atoms with E-state index in [1.54, 1.807) is 20.8 Å². The Kier molecular flexibility index (Phi) is 19.5. The molecular formula is C51H46F12N10O9S3. The fourth-order valence-electron chi connectivity index (χ4n) is 7.59. The number of benzene rings is 3. The number of nitrogens with zero attached hydrogens (tertiary/aromatic N) is 8. The Morgan fingerprint density at radius 1 is 0.765 bits per heavy atom. The minimum atomic E-state index is -5.28. The molecule has 0 fully saturated rings. The second kappa shape index (κ2) is 24.6. The fourth-order valence-corrected chi connectivity index (χ4v) is 11.8. The second-order valence-corrected chi connectivity index (χ2v) is 25.5. The summed E-state index contributed by atoms with van der Waals surface area (Å²) in [5, 5.41) is 2.26. The van der Waals surface area contributed by atoms with Crippen LogP contribution in [0.5, 0.6) is 5.75 Å². The zero-order chi connectivity index (χ0) is 64.4. The number of aromatic nitrogens is 2. The molecular weight excluding hydrogens is 1220 g/mol. The Labute approximate surface area is 478 Å². The van der Waals surface area contributed by atoms with Gasteiger partial charge in [0.1, 0.15) is 28.3 Å². The third kappa shape index (κ3) is 15.8. The van der Waals surface area contributed by atoms with Crippen LogP contribution in [0.15, 0.2) is 94.0 Å². The van der Waals surface area contributed by atoms with Crippen LogP contribution >= 0.6 is 0 Å². The molecule has 0 radical (unpaired) electrons. The summed E-state index contributed by atoms with van der Waals surface area (Å²) in [4.78, 5) is 32.1. The lowest BCUT2D eigenvalue weighted by molar-refractivity contribution is -0.143. The molecule has 19 nitrogen and oxygen atoms in total. The number of sulfone groups is 1. The minimum absolute atomic E-state index is 0.00306. The van der Waals surface area contributed by atoms with Crippen molar-refractivity contribution in [2.75, 3.05) is 32.7 Å². The Bertz CT molecular complexity index is 3910. The van der Waals surface area contributed by atoms with Crippen molar-refractivity contribution in [2.45, 2.75) is 74.0 Å². The second-order valence-electron chi connectivity index (χ2n) is 19.5. The van der Waals surface area contributed by atoms with Crippen LogP contribution in [0, 0.1) is 36.4 Å². The molecule has 0 bridgehead atoms. The highest BCUT2D eigenvalue weighted by atomic mass is 32.2. The molecule has 0 saturated carbocycles. The molecule has 3 aromatic carbocycles. The highest BCUT2D eigenvalue weighted by Crippen LogP contribution is 2.41. The smallest absolute Gasteiger partial charge is 0.416 e. The molecule has 2 aliphatic rings. The van der Waals surface area contributed by atoms with Crippen molar-refractivity contribution < 1.29 is 92.2 Å². The van der Waals surface area contributed by atoms with Crippen LogP contribution in [0.25, 0.3) is 21.6 Å². The zero-order valence-electron chi connectivity index (χ0n) is 45.2. The number of nitrogens with two attached hydrogens (primary N) is 1. The molecule has 3 N–H and O–H groups in total. The number of amides is 1. The normalized spacial score (nSPS) is 19.0. The van der Waals surface area contributed by atoms with E-state index in [-0.39, 0.29) is 69.6 Å². The van der Waals surface area contributed by atoms with E-state index in [0.29, 0.717) is 0 Å². The van der Waals surface area contributed by atoms with Gasteiger partial charge < -0.3 is 15.2 Å². The van der Waals surface area contributed by atoms with Crippen LogP contribution in [0.1, 0.15) is 79.3 Å². The number of hydrogen-bond acceptors (Lipinski definition) is 14. The van der Waals surface area contributed by atoms with Gasteiger partial charge in [0, 0.05) is 43.7 Å². The molecule has 85 heavy (non-hydrogen) atoms. The topological polar surface area (TPSA) is 242 Å². The van der Waals surface area contributed by atoms with Gasteiger partial charge in [0.15, 0.2) is 23.3 Å². The van der Waals surface area contributed by atoms with Crippen molar-refractivity contribution in [1.29, 1.82) is 0 Å². The Balaban J connectivity index is 0.000000233. The molecule has 1 amide bonds. The summed E-state index contributed by atoms with van der Waals surface area (Å²) in [5.41, 5.74) is -6.91. The predicted molar refractivity (Wildman–Crippen MR) is 283 cm³/mol. The Morgan fingerprint density at radius 3 is 1.72 bits per heavy atom. The molecule has 2 aliphatic heterocycles. The average molecular weight is 1270 g/mol. The molecule has 5 aromatic rings. The lowest BCUT2D eigenvalue weighted by Gasteiger charge is -2.36. The van der Waals surface area contributed by atoms with Crippen LogP contribution in [-0.2, 0) is 58.1 Å². The van der Waals surface area contributed by atoms with E-state index in [0.717, 1.165) is 51.2 Å². The highest BCUT2D eigenvalue weighted by molar-refractivity contribution is 7.91. The number of rotatable bonds is 8. The summed E-state index contributed by atoms with van der Waals surface area (Å²) >= 11 is 0. The number of ether oxygens (including phenoxy) is 2. The summed E-state index contributed by atoms with van der Waals surface area (Å²) < 4.78 is 249. The van der Waals surface area contributed by atoms with Crippen molar-refractivity contribution in [3.8, 4) is 5.75 Å². The van der Waals surface area contributed by atoms with E-state index in [4.69, 9.17) is 28.4 Å². The maximum atomic E-state index is 14.6. The summed E-state index contributed by atoms with van der Waals surface area (Å²) in [7, 11) is -9.55. The van der Waals surface area contributed by atoms with E-state index in [2.05, 4.69) is 35.0 Å². The number of guanidine groups is 2. The van der Waals surface area contributed by atoms with Crippen molar-refractivity contribution in [3.63, 3.8) is 0 Å². The third-order valence-electron chi connectivity index (χ3n) is 11.9.